The van der Waals surface area contributed by atoms with Crippen LogP contribution in [0.4, 0.5) is 5.69 Å². The molecule has 1 amide bonds. The molecule has 0 saturated carbocycles. The number of carbonyl (C=O) groups is 1. The van der Waals surface area contributed by atoms with Crippen LogP contribution in [0.25, 0.3) is 11.2 Å². The molecular weight excluding hydrogens is 394 g/mol. The number of carbonyl (C=O) groups excluding carboxylic acids is 1. The molecule has 31 heavy (non-hydrogen) atoms. The van der Waals surface area contributed by atoms with Gasteiger partial charge in [-0.15, -0.1) is 0 Å². The van der Waals surface area contributed by atoms with E-state index in [1.165, 1.54) is 22.5 Å². The second-order valence-corrected chi connectivity index (χ2v) is 7.71. The average molecular weight is 417 g/mol. The largest absolute Gasteiger partial charge is 0.332 e. The van der Waals surface area contributed by atoms with Crippen molar-refractivity contribution in [3.05, 3.63) is 92.4 Å². The fraction of sp³-hybridized carbons (Fsp3) is 0.217. The Morgan fingerprint density at radius 2 is 1.61 bits per heavy atom. The van der Waals surface area contributed by atoms with Gasteiger partial charge < -0.3 is 9.88 Å². The topological polar surface area (TPSA) is 90.9 Å². The summed E-state index contributed by atoms with van der Waals surface area (Å²) in [5.41, 5.74) is 2.87. The van der Waals surface area contributed by atoms with E-state index >= 15 is 0 Å². The number of hydrogen-bond donors (Lipinski definition) is 1. The number of nitrogens with one attached hydrogen (secondary N) is 1. The number of amides is 1. The van der Waals surface area contributed by atoms with E-state index in [1.54, 1.807) is 7.05 Å². The molecule has 1 unspecified atom stereocenters. The van der Waals surface area contributed by atoms with Crippen molar-refractivity contribution in [2.45, 2.75) is 19.9 Å². The highest BCUT2D eigenvalue weighted by Gasteiger charge is 2.27. The van der Waals surface area contributed by atoms with Crippen LogP contribution in [-0.2, 0) is 18.9 Å². The van der Waals surface area contributed by atoms with Crippen molar-refractivity contribution >= 4 is 22.8 Å². The SMILES string of the molecule is Cc1cc(C)cc(NC(=O)C(c2ccccc2)n2cnc3c2c(=O)n(C)c(=O)n3C)c1. The number of hydrogen-bond acceptors (Lipinski definition) is 4. The molecule has 0 fully saturated rings. The molecule has 4 rings (SSSR count). The third-order valence-electron chi connectivity index (χ3n) is 5.30. The minimum Gasteiger partial charge on any atom is -0.324 e. The molecule has 0 spiro atoms. The molecule has 2 heterocycles. The van der Waals surface area contributed by atoms with E-state index in [2.05, 4.69) is 10.3 Å². The fourth-order valence-electron chi connectivity index (χ4n) is 3.89. The van der Waals surface area contributed by atoms with Crippen molar-refractivity contribution in [3.8, 4) is 0 Å². The summed E-state index contributed by atoms with van der Waals surface area (Å²) < 4.78 is 3.85. The van der Waals surface area contributed by atoms with Gasteiger partial charge in [-0.25, -0.2) is 9.78 Å². The van der Waals surface area contributed by atoms with E-state index in [0.29, 0.717) is 11.3 Å². The van der Waals surface area contributed by atoms with Crippen LogP contribution in [0, 0.1) is 13.8 Å². The summed E-state index contributed by atoms with van der Waals surface area (Å²) >= 11 is 0. The van der Waals surface area contributed by atoms with Gasteiger partial charge in [0.1, 0.15) is 6.04 Å². The van der Waals surface area contributed by atoms with E-state index in [9.17, 15) is 14.4 Å². The first-order valence-corrected chi connectivity index (χ1v) is 9.84. The van der Waals surface area contributed by atoms with Gasteiger partial charge in [-0.2, -0.15) is 0 Å². The molecule has 1 N–H and O–H groups in total. The maximum Gasteiger partial charge on any atom is 0.332 e. The minimum atomic E-state index is -0.850. The molecule has 0 aliphatic heterocycles. The molecule has 0 saturated heterocycles. The smallest absolute Gasteiger partial charge is 0.324 e. The van der Waals surface area contributed by atoms with Gasteiger partial charge in [-0.05, 0) is 42.7 Å². The molecule has 8 heteroatoms. The zero-order valence-electron chi connectivity index (χ0n) is 17.8. The van der Waals surface area contributed by atoms with Gasteiger partial charge in [0, 0.05) is 19.8 Å². The maximum atomic E-state index is 13.5. The summed E-state index contributed by atoms with van der Waals surface area (Å²) in [6.45, 7) is 3.93. The van der Waals surface area contributed by atoms with Crippen LogP contribution in [-0.4, -0.2) is 24.6 Å². The Kier molecular flexibility index (Phi) is 5.06. The molecule has 4 aromatic rings. The fourth-order valence-corrected chi connectivity index (χ4v) is 3.89. The van der Waals surface area contributed by atoms with Gasteiger partial charge in [0.25, 0.3) is 11.5 Å². The highest BCUT2D eigenvalue weighted by atomic mass is 16.2. The second-order valence-electron chi connectivity index (χ2n) is 7.71. The summed E-state index contributed by atoms with van der Waals surface area (Å²) in [5, 5.41) is 2.97. The second kappa shape index (κ2) is 7.71. The third kappa shape index (κ3) is 3.56. The van der Waals surface area contributed by atoms with Crippen molar-refractivity contribution in [1.29, 1.82) is 0 Å². The molecule has 0 radical (unpaired) electrons. The van der Waals surface area contributed by atoms with Crippen LogP contribution in [0.15, 0.2) is 64.4 Å². The van der Waals surface area contributed by atoms with Crippen LogP contribution in [0.1, 0.15) is 22.7 Å². The molecule has 1 atom stereocenters. The minimum absolute atomic E-state index is 0.189. The van der Waals surface area contributed by atoms with Gasteiger partial charge in [-0.3, -0.25) is 18.7 Å². The van der Waals surface area contributed by atoms with Gasteiger partial charge in [0.05, 0.1) is 6.33 Å². The molecule has 158 valence electrons. The van der Waals surface area contributed by atoms with E-state index in [-0.39, 0.29) is 17.1 Å². The normalized spacial score (nSPS) is 12.1. The standard InChI is InChI=1S/C23H23N5O3/c1-14-10-15(2)12-17(11-14)25-21(29)18(16-8-6-5-7-9-16)28-13-24-20-19(28)22(30)27(4)23(31)26(20)3/h5-13,18H,1-4H3,(H,25,29). The lowest BCUT2D eigenvalue weighted by molar-refractivity contribution is -0.118. The van der Waals surface area contributed by atoms with E-state index in [1.807, 2.05) is 62.4 Å². The Labute approximate surface area is 178 Å². The summed E-state index contributed by atoms with van der Waals surface area (Å²) in [6.07, 6.45) is 1.43. The van der Waals surface area contributed by atoms with E-state index < -0.39 is 17.3 Å². The number of aromatic nitrogens is 4. The number of benzene rings is 2. The van der Waals surface area contributed by atoms with Gasteiger partial charge in [0.15, 0.2) is 11.2 Å². The van der Waals surface area contributed by atoms with E-state index in [4.69, 9.17) is 0 Å². The van der Waals surface area contributed by atoms with Crippen LogP contribution in [0.3, 0.4) is 0 Å². The highest BCUT2D eigenvalue weighted by molar-refractivity contribution is 5.96. The third-order valence-corrected chi connectivity index (χ3v) is 5.30. The van der Waals surface area contributed by atoms with E-state index in [0.717, 1.165) is 15.7 Å². The average Bonchev–Trinajstić information content (AvgIpc) is 3.15. The lowest BCUT2D eigenvalue weighted by Crippen LogP contribution is -2.38. The Morgan fingerprint density at radius 3 is 2.26 bits per heavy atom. The molecule has 0 bridgehead atoms. The van der Waals surface area contributed by atoms with Gasteiger partial charge >= 0.3 is 5.69 Å². The van der Waals surface area contributed by atoms with Crippen LogP contribution in [0.2, 0.25) is 0 Å². The first-order chi connectivity index (χ1) is 14.8. The van der Waals surface area contributed by atoms with Crippen molar-refractivity contribution < 1.29 is 4.79 Å². The molecule has 8 nitrogen and oxygen atoms in total. The van der Waals surface area contributed by atoms with Crippen molar-refractivity contribution in [3.63, 3.8) is 0 Å². The summed E-state index contributed by atoms with van der Waals surface area (Å²) in [4.78, 5) is 43.0. The number of rotatable bonds is 4. The van der Waals surface area contributed by atoms with Crippen LogP contribution >= 0.6 is 0 Å². The maximum absolute atomic E-state index is 13.5. The molecule has 2 aromatic heterocycles. The zero-order valence-corrected chi connectivity index (χ0v) is 17.8. The highest BCUT2D eigenvalue weighted by Crippen LogP contribution is 2.24. The lowest BCUT2D eigenvalue weighted by atomic mass is 10.1. The first-order valence-electron chi connectivity index (χ1n) is 9.84. The monoisotopic (exact) mass is 417 g/mol. The number of nitrogens with zero attached hydrogens (tertiary/aromatic N) is 4. The number of fused-ring (bicyclic) bond motifs is 1. The van der Waals surface area contributed by atoms with Crippen molar-refractivity contribution in [1.82, 2.24) is 18.7 Å². The Balaban J connectivity index is 1.90. The summed E-state index contributed by atoms with van der Waals surface area (Å²) in [6, 6.07) is 14.1. The Hall–Kier alpha value is -3.94. The Bertz CT molecular complexity index is 1390. The van der Waals surface area contributed by atoms with Gasteiger partial charge in [-0.1, -0.05) is 36.4 Å². The van der Waals surface area contributed by atoms with Crippen molar-refractivity contribution in [2.24, 2.45) is 14.1 Å². The van der Waals surface area contributed by atoms with Crippen LogP contribution < -0.4 is 16.6 Å². The van der Waals surface area contributed by atoms with Crippen molar-refractivity contribution in [2.75, 3.05) is 5.32 Å². The lowest BCUT2D eigenvalue weighted by Gasteiger charge is -2.20. The summed E-state index contributed by atoms with van der Waals surface area (Å²) in [7, 11) is 2.96. The van der Waals surface area contributed by atoms with Gasteiger partial charge in [0.2, 0.25) is 0 Å². The Morgan fingerprint density at radius 1 is 0.968 bits per heavy atom. The molecule has 0 aliphatic carbocycles. The number of imidazole rings is 1. The molecular formula is C23H23N5O3. The zero-order chi connectivity index (χ0) is 22.3. The molecule has 2 aromatic carbocycles. The number of aryl methyl sites for hydroxylation is 3. The quantitative estimate of drug-likeness (QED) is 0.552. The first kappa shape index (κ1) is 20.3. The predicted octanol–water partition coefficient (Wildman–Crippen LogP) is 2.28. The molecule has 0 aliphatic rings. The number of anilines is 1. The summed E-state index contributed by atoms with van der Waals surface area (Å²) in [5.74, 6) is -0.314. The van der Waals surface area contributed by atoms with Crippen LogP contribution in [0.5, 0.6) is 0 Å². The predicted molar refractivity (Wildman–Crippen MR) is 119 cm³/mol.